The number of carboxylic acid groups (broad SMARTS) is 1. The molecule has 0 bridgehead atoms. The van der Waals surface area contributed by atoms with Gasteiger partial charge in [-0.15, -0.1) is 0 Å². The van der Waals surface area contributed by atoms with E-state index in [1.165, 1.54) is 0 Å². The zero-order chi connectivity index (χ0) is 24.2. The van der Waals surface area contributed by atoms with Crippen molar-refractivity contribution in [3.05, 3.63) is 41.0 Å². The Morgan fingerprint density at radius 3 is 2.03 bits per heavy atom. The summed E-state index contributed by atoms with van der Waals surface area (Å²) in [5.41, 5.74) is 2.24. The number of hydrogen-bond acceptors (Lipinski definition) is 5. The van der Waals surface area contributed by atoms with Crippen LogP contribution in [0.1, 0.15) is 67.8 Å². The summed E-state index contributed by atoms with van der Waals surface area (Å²) in [5.74, 6) is -0.876. The maximum Gasteiger partial charge on any atom is 0.338 e. The minimum absolute atomic E-state index is 0.140. The Bertz CT molecular complexity index is 958. The summed E-state index contributed by atoms with van der Waals surface area (Å²) in [6.45, 7) is 15.4. The van der Waals surface area contributed by atoms with Gasteiger partial charge in [-0.05, 0) is 58.8 Å². The predicted molar refractivity (Wildman–Crippen MR) is 129 cm³/mol. The van der Waals surface area contributed by atoms with Crippen LogP contribution >= 0.6 is 0 Å². The molecule has 0 unspecified atom stereocenters. The Balaban J connectivity index is 2.76. The summed E-state index contributed by atoms with van der Waals surface area (Å²) in [6.07, 6.45) is 0. The fourth-order valence-electron chi connectivity index (χ4n) is 4.80. The second kappa shape index (κ2) is 10.5. The summed E-state index contributed by atoms with van der Waals surface area (Å²) < 4.78 is 17.3. The first-order valence-corrected chi connectivity index (χ1v) is 13.3. The number of aromatic carboxylic acids is 1. The van der Waals surface area contributed by atoms with Gasteiger partial charge in [0, 0.05) is 12.5 Å². The zero-order valence-corrected chi connectivity index (χ0v) is 21.4. The molecule has 1 N–H and O–H groups in total. The maximum atomic E-state index is 12.9. The fraction of sp³-hybridized carbons (Fsp3) is 0.520. The highest BCUT2D eigenvalue weighted by Crippen LogP contribution is 2.45. The van der Waals surface area contributed by atoms with Crippen molar-refractivity contribution in [1.29, 1.82) is 0 Å². The summed E-state index contributed by atoms with van der Waals surface area (Å²) in [4.78, 5) is 24.5. The highest BCUT2D eigenvalue weighted by atomic mass is 28.4. The van der Waals surface area contributed by atoms with Crippen molar-refractivity contribution in [2.24, 2.45) is 0 Å². The van der Waals surface area contributed by atoms with Crippen molar-refractivity contribution in [1.82, 2.24) is 0 Å². The number of methoxy groups -OCH3 is 1. The van der Waals surface area contributed by atoms with Crippen molar-refractivity contribution >= 4 is 31.0 Å². The van der Waals surface area contributed by atoms with Gasteiger partial charge >= 0.3 is 11.9 Å². The van der Waals surface area contributed by atoms with Crippen LogP contribution in [0.2, 0.25) is 16.6 Å². The van der Waals surface area contributed by atoms with Crippen molar-refractivity contribution in [3.63, 3.8) is 0 Å². The van der Waals surface area contributed by atoms with Gasteiger partial charge in [-0.2, -0.15) is 0 Å². The molecule has 6 nitrogen and oxygen atoms in total. The molecule has 0 spiro atoms. The topological polar surface area (TPSA) is 82.1 Å². The van der Waals surface area contributed by atoms with Crippen LogP contribution in [0.5, 0.6) is 5.75 Å². The van der Waals surface area contributed by atoms with Crippen molar-refractivity contribution in [3.8, 4) is 5.75 Å². The van der Waals surface area contributed by atoms with E-state index < -0.39 is 20.3 Å². The van der Waals surface area contributed by atoms with Crippen LogP contribution in [-0.2, 0) is 9.47 Å². The lowest BCUT2D eigenvalue weighted by atomic mass is 9.97. The summed E-state index contributed by atoms with van der Waals surface area (Å²) in [5, 5.41) is 11.0. The minimum Gasteiger partial charge on any atom is -0.542 e. The number of fused-ring (bicyclic) bond motifs is 1. The molecule has 2 aromatic rings. The summed E-state index contributed by atoms with van der Waals surface area (Å²) >= 11 is 0. The van der Waals surface area contributed by atoms with E-state index in [2.05, 4.69) is 41.5 Å². The van der Waals surface area contributed by atoms with Crippen LogP contribution < -0.4 is 4.43 Å². The van der Waals surface area contributed by atoms with Crippen LogP contribution in [0.3, 0.4) is 0 Å². The van der Waals surface area contributed by atoms with E-state index >= 15 is 0 Å². The third-order valence-corrected chi connectivity index (χ3v) is 12.3. The van der Waals surface area contributed by atoms with E-state index in [1.54, 1.807) is 31.4 Å². The van der Waals surface area contributed by atoms with Gasteiger partial charge in [-0.3, -0.25) is 0 Å². The first kappa shape index (κ1) is 25.9. The number of rotatable bonds is 10. The number of ether oxygens (including phenoxy) is 2. The van der Waals surface area contributed by atoms with E-state index in [-0.39, 0.29) is 12.2 Å². The molecule has 0 aliphatic heterocycles. The molecule has 0 aliphatic rings. The SMILES string of the molecule is COCCOC(=O)c1cc(O[Si](C(C)C)(C(C)C)C(C)C)c2ccc(C(=O)O)cc2c1C. The first-order chi connectivity index (χ1) is 15.0. The van der Waals surface area contributed by atoms with E-state index in [0.29, 0.717) is 45.5 Å². The molecule has 176 valence electrons. The summed E-state index contributed by atoms with van der Waals surface area (Å²) in [7, 11) is -0.772. The average molecular weight is 461 g/mol. The Hall–Kier alpha value is -2.38. The molecule has 2 aromatic carbocycles. The van der Waals surface area contributed by atoms with Crippen molar-refractivity contribution < 1.29 is 28.6 Å². The normalized spacial score (nSPS) is 12.1. The van der Waals surface area contributed by atoms with E-state index in [1.807, 2.05) is 6.92 Å². The van der Waals surface area contributed by atoms with Gasteiger partial charge in [0.2, 0.25) is 0 Å². The number of hydrogen-bond donors (Lipinski definition) is 1. The third kappa shape index (κ3) is 4.99. The van der Waals surface area contributed by atoms with Gasteiger partial charge in [-0.25, -0.2) is 9.59 Å². The third-order valence-electron chi connectivity index (χ3n) is 6.35. The molecule has 0 atom stereocenters. The molecule has 0 fully saturated rings. The fourth-order valence-corrected chi connectivity index (χ4v) is 10.1. The van der Waals surface area contributed by atoms with E-state index in [0.717, 1.165) is 5.39 Å². The van der Waals surface area contributed by atoms with Crippen LogP contribution in [0.4, 0.5) is 0 Å². The lowest BCUT2D eigenvalue weighted by molar-refractivity contribution is 0.0387. The second-order valence-electron chi connectivity index (χ2n) is 9.16. The van der Waals surface area contributed by atoms with Gasteiger partial charge in [0.15, 0.2) is 0 Å². The molecule has 7 heteroatoms. The predicted octanol–water partition coefficient (Wildman–Crippen LogP) is 6.20. The molecular weight excluding hydrogens is 424 g/mol. The van der Waals surface area contributed by atoms with Gasteiger partial charge in [0.05, 0.1) is 17.7 Å². The Morgan fingerprint density at radius 1 is 0.938 bits per heavy atom. The Labute approximate surface area is 192 Å². The lowest BCUT2D eigenvalue weighted by Crippen LogP contribution is -2.50. The number of carbonyl (C=O) groups is 2. The maximum absolute atomic E-state index is 12.9. The average Bonchev–Trinajstić information content (AvgIpc) is 2.72. The molecule has 2 rings (SSSR count). The first-order valence-electron chi connectivity index (χ1n) is 11.1. The molecule has 0 aliphatic carbocycles. The second-order valence-corrected chi connectivity index (χ2v) is 14.5. The minimum atomic E-state index is -2.32. The summed E-state index contributed by atoms with van der Waals surface area (Å²) in [6, 6.07) is 6.73. The largest absolute Gasteiger partial charge is 0.542 e. The van der Waals surface area contributed by atoms with Gasteiger partial charge in [-0.1, -0.05) is 41.5 Å². The standard InChI is InChI=1S/C25H36O6Si/c1-15(2)32(16(3)4,17(5)6)31-23-14-22(25(28)30-12-11-29-8)18(7)21-13-19(24(26)27)9-10-20(21)23/h9-10,13-17H,11-12H2,1-8H3,(H,26,27). The molecule has 0 aromatic heterocycles. The van der Waals surface area contributed by atoms with Gasteiger partial charge in [0.25, 0.3) is 8.32 Å². The van der Waals surface area contributed by atoms with Crippen LogP contribution in [-0.4, -0.2) is 45.7 Å². The molecule has 0 saturated heterocycles. The van der Waals surface area contributed by atoms with E-state index in [9.17, 15) is 14.7 Å². The highest BCUT2D eigenvalue weighted by molar-refractivity contribution is 6.78. The molecule has 0 heterocycles. The Morgan fingerprint density at radius 2 is 1.53 bits per heavy atom. The molecule has 32 heavy (non-hydrogen) atoms. The number of carboxylic acids is 1. The van der Waals surface area contributed by atoms with E-state index in [4.69, 9.17) is 13.9 Å². The molecule has 0 amide bonds. The molecule has 0 radical (unpaired) electrons. The molecule has 0 saturated carbocycles. The molecular formula is C25H36O6Si. The smallest absolute Gasteiger partial charge is 0.338 e. The zero-order valence-electron chi connectivity index (χ0n) is 20.4. The van der Waals surface area contributed by atoms with Crippen molar-refractivity contribution in [2.45, 2.75) is 65.1 Å². The Kier molecular flexibility index (Phi) is 8.48. The van der Waals surface area contributed by atoms with Crippen molar-refractivity contribution in [2.75, 3.05) is 20.3 Å². The van der Waals surface area contributed by atoms with Crippen LogP contribution in [0.15, 0.2) is 24.3 Å². The quantitative estimate of drug-likeness (QED) is 0.258. The number of aryl methyl sites for hydroxylation is 1. The number of esters is 1. The number of benzene rings is 2. The monoisotopic (exact) mass is 460 g/mol. The number of carbonyl (C=O) groups excluding carboxylic acids is 1. The highest BCUT2D eigenvalue weighted by Gasteiger charge is 2.47. The van der Waals surface area contributed by atoms with Crippen LogP contribution in [0.25, 0.3) is 10.8 Å². The van der Waals surface area contributed by atoms with Crippen LogP contribution in [0, 0.1) is 6.92 Å². The van der Waals surface area contributed by atoms with Gasteiger partial charge in [0.1, 0.15) is 12.4 Å². The van der Waals surface area contributed by atoms with Gasteiger partial charge < -0.3 is 19.0 Å². The lowest BCUT2D eigenvalue weighted by Gasteiger charge is -2.42.